The Morgan fingerprint density at radius 1 is 0.833 bits per heavy atom. The van der Waals surface area contributed by atoms with Crippen LogP contribution in [0.5, 0.6) is 0 Å². The van der Waals surface area contributed by atoms with Gasteiger partial charge in [0, 0.05) is 0 Å². The Morgan fingerprint density at radius 2 is 1.33 bits per heavy atom. The van der Waals surface area contributed by atoms with Crippen LogP contribution in [-0.4, -0.2) is 0 Å². The average molecular weight is 158 g/mol. The van der Waals surface area contributed by atoms with Gasteiger partial charge in [-0.1, -0.05) is 37.1 Å². The molecule has 0 aromatic heterocycles. The van der Waals surface area contributed by atoms with Gasteiger partial charge in [0.15, 0.2) is 0 Å². The summed E-state index contributed by atoms with van der Waals surface area (Å²) in [6.45, 7) is 0. The molecule has 2 aliphatic carbocycles. The third-order valence-corrected chi connectivity index (χ3v) is 3.56. The van der Waals surface area contributed by atoms with E-state index >= 15 is 0 Å². The number of benzene rings is 1. The van der Waals surface area contributed by atoms with E-state index in [0.717, 1.165) is 11.8 Å². The molecule has 2 aliphatic rings. The minimum Gasteiger partial charge on any atom is -0.0620 e. The molecule has 3 rings (SSSR count). The highest BCUT2D eigenvalue weighted by atomic mass is 14.4. The van der Waals surface area contributed by atoms with Crippen molar-refractivity contribution in [1.82, 2.24) is 0 Å². The van der Waals surface area contributed by atoms with E-state index in [-0.39, 0.29) is 0 Å². The molecular formula is C12H14. The summed E-state index contributed by atoms with van der Waals surface area (Å²) in [5.74, 6) is 1.88. The Labute approximate surface area is 73.6 Å². The van der Waals surface area contributed by atoms with Gasteiger partial charge in [-0.05, 0) is 35.8 Å². The maximum absolute atomic E-state index is 2.32. The van der Waals surface area contributed by atoms with Gasteiger partial charge < -0.3 is 0 Å². The highest BCUT2D eigenvalue weighted by Crippen LogP contribution is 2.54. The second-order valence-electron chi connectivity index (χ2n) is 4.13. The van der Waals surface area contributed by atoms with Crippen LogP contribution in [0.4, 0.5) is 0 Å². The van der Waals surface area contributed by atoms with E-state index in [4.69, 9.17) is 0 Å². The van der Waals surface area contributed by atoms with Crippen LogP contribution in [0.1, 0.15) is 48.6 Å². The summed E-state index contributed by atoms with van der Waals surface area (Å²) in [6, 6.07) is 9.01. The maximum atomic E-state index is 2.32. The number of hydrogen-bond acceptors (Lipinski definition) is 0. The van der Waals surface area contributed by atoms with E-state index < -0.39 is 0 Å². The van der Waals surface area contributed by atoms with Gasteiger partial charge in [-0.2, -0.15) is 0 Å². The molecule has 62 valence electrons. The Bertz CT molecular complexity index is 270. The van der Waals surface area contributed by atoms with Crippen LogP contribution < -0.4 is 0 Å². The number of hydrogen-bond donors (Lipinski definition) is 0. The van der Waals surface area contributed by atoms with E-state index in [0.29, 0.717) is 0 Å². The molecule has 0 saturated heterocycles. The maximum Gasteiger partial charge on any atom is -0.00901 e. The standard InChI is InChI=1S/C12H14/c1-2-6-10-9(5-1)11-7-3-4-8-12(10)11/h1-2,5-6,11-12H,3-4,7-8H2. The largest absolute Gasteiger partial charge is 0.0620 e. The highest BCUT2D eigenvalue weighted by Gasteiger charge is 2.37. The fourth-order valence-electron chi connectivity index (χ4n) is 2.97. The highest BCUT2D eigenvalue weighted by molar-refractivity contribution is 5.45. The first-order chi connectivity index (χ1) is 5.97. The first-order valence-corrected chi connectivity index (χ1v) is 5.05. The fourth-order valence-corrected chi connectivity index (χ4v) is 2.97. The van der Waals surface area contributed by atoms with Crippen LogP contribution in [0.15, 0.2) is 24.3 Å². The minimum atomic E-state index is 0.940. The predicted octanol–water partition coefficient (Wildman–Crippen LogP) is 3.44. The average Bonchev–Trinajstić information content (AvgIpc) is 2.14. The fraction of sp³-hybridized carbons (Fsp3) is 0.500. The Balaban J connectivity index is 2.03. The Morgan fingerprint density at radius 3 is 1.83 bits per heavy atom. The van der Waals surface area contributed by atoms with Crippen LogP contribution in [0.3, 0.4) is 0 Å². The van der Waals surface area contributed by atoms with Crippen molar-refractivity contribution in [2.24, 2.45) is 0 Å². The summed E-state index contributed by atoms with van der Waals surface area (Å²) in [5, 5.41) is 0. The van der Waals surface area contributed by atoms with Crippen LogP contribution in [0, 0.1) is 0 Å². The van der Waals surface area contributed by atoms with E-state index in [2.05, 4.69) is 24.3 Å². The SMILES string of the molecule is c1ccc2c(c1)C1CCCCC21. The van der Waals surface area contributed by atoms with Gasteiger partial charge >= 0.3 is 0 Å². The molecule has 1 aromatic rings. The van der Waals surface area contributed by atoms with Gasteiger partial charge in [-0.25, -0.2) is 0 Å². The van der Waals surface area contributed by atoms with Crippen molar-refractivity contribution in [3.05, 3.63) is 35.4 Å². The lowest BCUT2D eigenvalue weighted by atomic mass is 9.61. The number of rotatable bonds is 0. The molecule has 0 amide bonds. The first kappa shape index (κ1) is 6.71. The van der Waals surface area contributed by atoms with Gasteiger partial charge in [0.05, 0.1) is 0 Å². The normalized spacial score (nSPS) is 31.7. The molecule has 2 atom stereocenters. The molecule has 0 heteroatoms. The smallest absolute Gasteiger partial charge is 0.00901 e. The molecule has 12 heavy (non-hydrogen) atoms. The lowest BCUT2D eigenvalue weighted by Gasteiger charge is -2.43. The molecular weight excluding hydrogens is 144 g/mol. The number of fused-ring (bicyclic) bond motifs is 4. The monoisotopic (exact) mass is 158 g/mol. The summed E-state index contributed by atoms with van der Waals surface area (Å²) in [4.78, 5) is 0. The van der Waals surface area contributed by atoms with E-state index in [1.807, 2.05) is 0 Å². The summed E-state index contributed by atoms with van der Waals surface area (Å²) >= 11 is 0. The van der Waals surface area contributed by atoms with Crippen LogP contribution in [-0.2, 0) is 0 Å². The van der Waals surface area contributed by atoms with Crippen molar-refractivity contribution in [3.63, 3.8) is 0 Å². The van der Waals surface area contributed by atoms with Crippen molar-refractivity contribution in [3.8, 4) is 0 Å². The third-order valence-electron chi connectivity index (χ3n) is 3.56. The van der Waals surface area contributed by atoms with Gasteiger partial charge in [0.25, 0.3) is 0 Å². The van der Waals surface area contributed by atoms with Gasteiger partial charge in [-0.3, -0.25) is 0 Å². The van der Waals surface area contributed by atoms with Crippen molar-refractivity contribution in [1.29, 1.82) is 0 Å². The molecule has 0 heterocycles. The minimum absolute atomic E-state index is 0.940. The quantitative estimate of drug-likeness (QED) is 0.542. The van der Waals surface area contributed by atoms with Crippen molar-refractivity contribution >= 4 is 0 Å². The predicted molar refractivity (Wildman–Crippen MR) is 50.4 cm³/mol. The zero-order chi connectivity index (χ0) is 7.97. The Hall–Kier alpha value is -0.780. The summed E-state index contributed by atoms with van der Waals surface area (Å²) in [5.41, 5.74) is 3.31. The van der Waals surface area contributed by atoms with Crippen molar-refractivity contribution < 1.29 is 0 Å². The molecule has 0 radical (unpaired) electrons. The molecule has 0 aliphatic heterocycles. The lowest BCUT2D eigenvalue weighted by Crippen LogP contribution is -2.26. The van der Waals surface area contributed by atoms with Gasteiger partial charge in [-0.15, -0.1) is 0 Å². The van der Waals surface area contributed by atoms with Gasteiger partial charge in [0.2, 0.25) is 0 Å². The Kier molecular flexibility index (Phi) is 1.31. The topological polar surface area (TPSA) is 0 Å². The van der Waals surface area contributed by atoms with Crippen LogP contribution >= 0.6 is 0 Å². The second kappa shape index (κ2) is 2.35. The lowest BCUT2D eigenvalue weighted by molar-refractivity contribution is 0.341. The second-order valence-corrected chi connectivity index (χ2v) is 4.13. The van der Waals surface area contributed by atoms with E-state index in [1.54, 1.807) is 11.1 Å². The third kappa shape index (κ3) is 0.730. The zero-order valence-corrected chi connectivity index (χ0v) is 7.29. The zero-order valence-electron chi connectivity index (χ0n) is 7.29. The molecule has 1 saturated carbocycles. The molecule has 1 fully saturated rings. The van der Waals surface area contributed by atoms with E-state index in [9.17, 15) is 0 Å². The molecule has 0 nitrogen and oxygen atoms in total. The summed E-state index contributed by atoms with van der Waals surface area (Å²) in [6.07, 6.45) is 5.80. The molecule has 1 aromatic carbocycles. The summed E-state index contributed by atoms with van der Waals surface area (Å²) in [7, 11) is 0. The van der Waals surface area contributed by atoms with E-state index in [1.165, 1.54) is 25.7 Å². The first-order valence-electron chi connectivity index (χ1n) is 5.05. The van der Waals surface area contributed by atoms with Crippen molar-refractivity contribution in [2.45, 2.75) is 37.5 Å². The molecule has 0 bridgehead atoms. The van der Waals surface area contributed by atoms with Crippen LogP contribution in [0.2, 0.25) is 0 Å². The van der Waals surface area contributed by atoms with Crippen molar-refractivity contribution in [2.75, 3.05) is 0 Å². The molecule has 2 unspecified atom stereocenters. The molecule has 0 N–H and O–H groups in total. The molecule has 0 spiro atoms. The van der Waals surface area contributed by atoms with Gasteiger partial charge in [0.1, 0.15) is 0 Å². The van der Waals surface area contributed by atoms with Crippen LogP contribution in [0.25, 0.3) is 0 Å². The summed E-state index contributed by atoms with van der Waals surface area (Å²) < 4.78 is 0.